The summed E-state index contributed by atoms with van der Waals surface area (Å²) in [6, 6.07) is 14.4. The molecule has 1 N–H and O–H groups in total. The van der Waals surface area contributed by atoms with Gasteiger partial charge in [0.2, 0.25) is 5.91 Å². The van der Waals surface area contributed by atoms with Crippen LogP contribution >= 0.6 is 0 Å². The lowest BCUT2D eigenvalue weighted by Crippen LogP contribution is -2.31. The molecule has 26 heavy (non-hydrogen) atoms. The molecule has 3 rings (SSSR count). The third-order valence-corrected chi connectivity index (χ3v) is 5.31. The number of nitrogens with one attached hydrogen (secondary N) is 1. The maximum absolute atomic E-state index is 13.1. The van der Waals surface area contributed by atoms with Crippen molar-refractivity contribution in [3.05, 3.63) is 72.8 Å². The van der Waals surface area contributed by atoms with Crippen molar-refractivity contribution >= 4 is 27.4 Å². The standard InChI is InChI=1S/C18H17N3O4S/c1-14(22)20-15-7-9-17(10-8-15)26(23,24)21(13-16-5-4-12-25-16)18-6-2-3-11-19-18/h2-12H,13H2,1H3,(H,20,22). The van der Waals surface area contributed by atoms with Gasteiger partial charge in [-0.25, -0.2) is 17.7 Å². The second-order valence-corrected chi connectivity index (χ2v) is 7.35. The van der Waals surface area contributed by atoms with Crippen LogP contribution in [0.15, 0.2) is 76.4 Å². The second kappa shape index (κ2) is 7.40. The summed E-state index contributed by atoms with van der Waals surface area (Å²) in [7, 11) is -3.88. The molecule has 1 aromatic carbocycles. The van der Waals surface area contributed by atoms with Gasteiger partial charge in [0.05, 0.1) is 17.7 Å². The van der Waals surface area contributed by atoms with Crippen LogP contribution in [0.1, 0.15) is 12.7 Å². The van der Waals surface area contributed by atoms with Gasteiger partial charge in [-0.3, -0.25) is 4.79 Å². The minimum atomic E-state index is -3.88. The van der Waals surface area contributed by atoms with Crippen LogP contribution in [0, 0.1) is 0 Å². The summed E-state index contributed by atoms with van der Waals surface area (Å²) in [5.74, 6) is 0.553. The Morgan fingerprint density at radius 1 is 1.12 bits per heavy atom. The van der Waals surface area contributed by atoms with Crippen molar-refractivity contribution in [2.75, 3.05) is 9.62 Å². The molecule has 3 aromatic rings. The smallest absolute Gasteiger partial charge is 0.265 e. The first-order valence-corrected chi connectivity index (χ1v) is 9.24. The summed E-state index contributed by atoms with van der Waals surface area (Å²) >= 11 is 0. The van der Waals surface area contributed by atoms with E-state index >= 15 is 0 Å². The molecule has 7 nitrogen and oxygen atoms in total. The molecule has 8 heteroatoms. The van der Waals surface area contributed by atoms with Gasteiger partial charge in [-0.15, -0.1) is 0 Å². The lowest BCUT2D eigenvalue weighted by Gasteiger charge is -2.22. The monoisotopic (exact) mass is 371 g/mol. The van der Waals surface area contributed by atoms with Gasteiger partial charge in [0.25, 0.3) is 10.0 Å². The zero-order valence-corrected chi connectivity index (χ0v) is 14.8. The summed E-state index contributed by atoms with van der Waals surface area (Å²) in [6.45, 7) is 1.40. The van der Waals surface area contributed by atoms with E-state index in [1.807, 2.05) is 0 Å². The number of carbonyl (C=O) groups is 1. The first-order valence-electron chi connectivity index (χ1n) is 7.80. The highest BCUT2D eigenvalue weighted by atomic mass is 32.2. The molecule has 1 amide bonds. The first-order chi connectivity index (χ1) is 12.5. The van der Waals surface area contributed by atoms with Crippen LogP contribution in [0.3, 0.4) is 0 Å². The highest BCUT2D eigenvalue weighted by Gasteiger charge is 2.27. The van der Waals surface area contributed by atoms with Gasteiger partial charge in [0, 0.05) is 18.8 Å². The third-order valence-electron chi connectivity index (χ3n) is 3.55. The molecule has 0 fully saturated rings. The number of anilines is 2. The minimum Gasteiger partial charge on any atom is -0.467 e. The van der Waals surface area contributed by atoms with Crippen molar-refractivity contribution in [2.45, 2.75) is 18.4 Å². The summed E-state index contributed by atoms with van der Waals surface area (Å²) in [6.07, 6.45) is 3.01. The number of amides is 1. The van der Waals surface area contributed by atoms with Gasteiger partial charge < -0.3 is 9.73 Å². The molecule has 0 unspecified atom stereocenters. The molecule has 0 saturated heterocycles. The molecule has 0 atom stereocenters. The summed E-state index contributed by atoms with van der Waals surface area (Å²) in [5.41, 5.74) is 0.520. The Kier molecular flexibility index (Phi) is 5.04. The van der Waals surface area contributed by atoms with Crippen molar-refractivity contribution in [2.24, 2.45) is 0 Å². The number of benzene rings is 1. The van der Waals surface area contributed by atoms with Gasteiger partial charge in [-0.2, -0.15) is 0 Å². The second-order valence-electron chi connectivity index (χ2n) is 5.48. The number of aromatic nitrogens is 1. The lowest BCUT2D eigenvalue weighted by molar-refractivity contribution is -0.114. The van der Waals surface area contributed by atoms with E-state index in [9.17, 15) is 13.2 Å². The number of hydrogen-bond acceptors (Lipinski definition) is 5. The van der Waals surface area contributed by atoms with E-state index in [0.717, 1.165) is 0 Å². The molecule has 0 aliphatic carbocycles. The number of hydrogen-bond donors (Lipinski definition) is 1. The van der Waals surface area contributed by atoms with Gasteiger partial charge in [-0.1, -0.05) is 6.07 Å². The lowest BCUT2D eigenvalue weighted by atomic mass is 10.3. The normalized spacial score (nSPS) is 11.1. The first kappa shape index (κ1) is 17.7. The van der Waals surface area contributed by atoms with E-state index in [2.05, 4.69) is 10.3 Å². The molecular formula is C18H17N3O4S. The van der Waals surface area contributed by atoms with Crippen molar-refractivity contribution in [3.8, 4) is 0 Å². The van der Waals surface area contributed by atoms with Crippen molar-refractivity contribution in [1.82, 2.24) is 4.98 Å². The Bertz CT molecular complexity index is 969. The Morgan fingerprint density at radius 3 is 2.46 bits per heavy atom. The Labute approximate surface area is 151 Å². The fraction of sp³-hybridized carbons (Fsp3) is 0.111. The molecule has 2 aromatic heterocycles. The number of pyridine rings is 1. The summed E-state index contributed by atoms with van der Waals surface area (Å²) < 4.78 is 32.8. The number of carbonyl (C=O) groups excluding carboxylic acids is 1. The quantitative estimate of drug-likeness (QED) is 0.719. The van der Waals surface area contributed by atoms with E-state index in [1.54, 1.807) is 30.3 Å². The van der Waals surface area contributed by atoms with Gasteiger partial charge >= 0.3 is 0 Å². The maximum atomic E-state index is 13.1. The Morgan fingerprint density at radius 2 is 1.88 bits per heavy atom. The topological polar surface area (TPSA) is 92.5 Å². The van der Waals surface area contributed by atoms with Gasteiger partial charge in [-0.05, 0) is 48.5 Å². The minimum absolute atomic E-state index is 0.0137. The molecule has 0 saturated carbocycles. The highest BCUT2D eigenvalue weighted by Crippen LogP contribution is 2.25. The number of nitrogens with zero attached hydrogens (tertiary/aromatic N) is 2. The van der Waals surface area contributed by atoms with Crippen LogP contribution < -0.4 is 9.62 Å². The van der Waals surface area contributed by atoms with Gasteiger partial charge in [0.1, 0.15) is 11.6 Å². The van der Waals surface area contributed by atoms with Crippen molar-refractivity contribution < 1.29 is 17.6 Å². The fourth-order valence-electron chi connectivity index (χ4n) is 2.38. The number of furan rings is 1. The number of sulfonamides is 1. The maximum Gasteiger partial charge on any atom is 0.265 e. The third kappa shape index (κ3) is 3.92. The van der Waals surface area contributed by atoms with Crippen LogP contribution in [0.25, 0.3) is 0 Å². The van der Waals surface area contributed by atoms with Crippen LogP contribution in [-0.2, 0) is 21.4 Å². The summed E-state index contributed by atoms with van der Waals surface area (Å²) in [4.78, 5) is 15.4. The molecular weight excluding hydrogens is 354 g/mol. The van der Waals surface area contributed by atoms with E-state index in [0.29, 0.717) is 11.4 Å². The highest BCUT2D eigenvalue weighted by molar-refractivity contribution is 7.92. The molecule has 0 aliphatic rings. The van der Waals surface area contributed by atoms with E-state index in [4.69, 9.17) is 4.42 Å². The van der Waals surface area contributed by atoms with Crippen LogP contribution in [0.2, 0.25) is 0 Å². The Balaban J connectivity index is 1.97. The average molecular weight is 371 g/mol. The van der Waals surface area contributed by atoms with Crippen LogP contribution in [-0.4, -0.2) is 19.3 Å². The van der Waals surface area contributed by atoms with Crippen molar-refractivity contribution in [3.63, 3.8) is 0 Å². The van der Waals surface area contributed by atoms with Crippen LogP contribution in [0.5, 0.6) is 0 Å². The SMILES string of the molecule is CC(=O)Nc1ccc(S(=O)(=O)N(Cc2ccco2)c2ccccn2)cc1. The van der Waals surface area contributed by atoms with Crippen molar-refractivity contribution in [1.29, 1.82) is 0 Å². The molecule has 134 valence electrons. The molecule has 2 heterocycles. The largest absolute Gasteiger partial charge is 0.467 e. The van der Waals surface area contributed by atoms with E-state index < -0.39 is 10.0 Å². The zero-order valence-electron chi connectivity index (χ0n) is 14.0. The van der Waals surface area contributed by atoms with E-state index in [1.165, 1.54) is 48.0 Å². The fourth-order valence-corrected chi connectivity index (χ4v) is 3.76. The van der Waals surface area contributed by atoms with E-state index in [-0.39, 0.29) is 23.2 Å². The Hall–Kier alpha value is -3.13. The molecule has 0 aliphatic heterocycles. The predicted molar refractivity (Wildman–Crippen MR) is 97.1 cm³/mol. The van der Waals surface area contributed by atoms with Crippen LogP contribution in [0.4, 0.5) is 11.5 Å². The predicted octanol–water partition coefficient (Wildman–Crippen LogP) is 3.03. The molecule has 0 spiro atoms. The summed E-state index contributed by atoms with van der Waals surface area (Å²) in [5, 5.41) is 2.61. The van der Waals surface area contributed by atoms with Gasteiger partial charge in [0.15, 0.2) is 0 Å². The number of rotatable bonds is 6. The average Bonchev–Trinajstić information content (AvgIpc) is 3.13. The molecule has 0 bridgehead atoms. The molecule has 0 radical (unpaired) electrons. The zero-order chi connectivity index (χ0) is 18.6.